The van der Waals surface area contributed by atoms with Crippen molar-refractivity contribution in [2.24, 2.45) is 0 Å². The van der Waals surface area contributed by atoms with E-state index in [2.05, 4.69) is 15.5 Å². The minimum atomic E-state index is -0.343. The zero-order chi connectivity index (χ0) is 17.8. The van der Waals surface area contributed by atoms with E-state index in [4.69, 9.17) is 17.4 Å². The minimum absolute atomic E-state index is 0.0746. The normalized spacial score (nSPS) is 12.1. The average Bonchev–Trinajstić information content (AvgIpc) is 3.24. The Labute approximate surface area is 158 Å². The molecule has 0 aliphatic heterocycles. The van der Waals surface area contributed by atoms with Crippen LogP contribution in [-0.4, -0.2) is 26.0 Å². The lowest BCUT2D eigenvalue weighted by molar-refractivity contribution is -0.120. The third kappa shape index (κ3) is 4.33. The molecule has 0 bridgehead atoms. The van der Waals surface area contributed by atoms with Crippen LogP contribution in [0.25, 0.3) is 11.4 Å². The summed E-state index contributed by atoms with van der Waals surface area (Å²) >= 11 is 8.76. The minimum Gasteiger partial charge on any atom is -0.350 e. The van der Waals surface area contributed by atoms with Gasteiger partial charge in [0, 0.05) is 15.5 Å². The van der Waals surface area contributed by atoms with E-state index in [0.717, 1.165) is 10.4 Å². The van der Waals surface area contributed by atoms with E-state index >= 15 is 0 Å². The van der Waals surface area contributed by atoms with E-state index in [1.54, 1.807) is 23.5 Å². The third-order valence-electron chi connectivity index (χ3n) is 3.44. The molecule has 3 rings (SSSR count). The van der Waals surface area contributed by atoms with Crippen molar-refractivity contribution in [1.82, 2.24) is 20.2 Å². The van der Waals surface area contributed by atoms with Gasteiger partial charge in [-0.15, -0.1) is 21.5 Å². The molecule has 0 saturated heterocycles. The monoisotopic (exact) mass is 393 g/mol. The van der Waals surface area contributed by atoms with Gasteiger partial charge in [-0.25, -0.2) is 4.68 Å². The molecule has 0 aliphatic rings. The van der Waals surface area contributed by atoms with Crippen LogP contribution in [0.3, 0.4) is 0 Å². The highest BCUT2D eigenvalue weighted by Crippen LogP contribution is 2.25. The van der Waals surface area contributed by atoms with Gasteiger partial charge in [-0.2, -0.15) is 0 Å². The van der Waals surface area contributed by atoms with Gasteiger partial charge in [0.25, 0.3) is 0 Å². The molecule has 3 aromatic rings. The zero-order valence-electron chi connectivity index (χ0n) is 13.3. The molecule has 0 spiro atoms. The standard InChI is InChI=1S/C16H16ClN5OS2/c1-10(15(23)19-9-13-3-2-8-24-13)25-16-21-20-14(22(16)18)11-4-6-12(17)7-5-11/h2-8,10H,9,18H2,1H3,(H,19,23). The van der Waals surface area contributed by atoms with Gasteiger partial charge in [0.2, 0.25) is 11.1 Å². The summed E-state index contributed by atoms with van der Waals surface area (Å²) in [4.78, 5) is 13.3. The van der Waals surface area contributed by atoms with Crippen LogP contribution in [-0.2, 0) is 11.3 Å². The number of rotatable bonds is 6. The third-order valence-corrected chi connectivity index (χ3v) is 5.62. The van der Waals surface area contributed by atoms with Crippen LogP contribution in [0.5, 0.6) is 0 Å². The molecule has 1 amide bonds. The fourth-order valence-electron chi connectivity index (χ4n) is 2.10. The number of thioether (sulfide) groups is 1. The topological polar surface area (TPSA) is 85.8 Å². The number of nitrogens with zero attached hydrogens (tertiary/aromatic N) is 3. The number of thiophene rings is 1. The number of halogens is 1. The van der Waals surface area contributed by atoms with E-state index in [1.807, 2.05) is 36.6 Å². The molecule has 130 valence electrons. The maximum Gasteiger partial charge on any atom is 0.233 e. The summed E-state index contributed by atoms with van der Waals surface area (Å²) in [5.74, 6) is 6.53. The molecule has 25 heavy (non-hydrogen) atoms. The molecule has 2 aromatic heterocycles. The van der Waals surface area contributed by atoms with Crippen LogP contribution in [0.15, 0.2) is 46.9 Å². The Bertz CT molecular complexity index is 848. The van der Waals surface area contributed by atoms with Crippen LogP contribution in [0.2, 0.25) is 5.02 Å². The smallest absolute Gasteiger partial charge is 0.233 e. The molecule has 1 unspecified atom stereocenters. The van der Waals surface area contributed by atoms with Crippen LogP contribution in [0.4, 0.5) is 0 Å². The van der Waals surface area contributed by atoms with Gasteiger partial charge in [0.1, 0.15) is 0 Å². The molecule has 3 N–H and O–H groups in total. The van der Waals surface area contributed by atoms with Crippen molar-refractivity contribution < 1.29 is 4.79 Å². The lowest BCUT2D eigenvalue weighted by Gasteiger charge is -2.11. The van der Waals surface area contributed by atoms with Crippen LogP contribution >= 0.6 is 34.7 Å². The number of carbonyl (C=O) groups is 1. The Morgan fingerprint density at radius 2 is 2.12 bits per heavy atom. The van der Waals surface area contributed by atoms with Crippen molar-refractivity contribution in [3.63, 3.8) is 0 Å². The highest BCUT2D eigenvalue weighted by molar-refractivity contribution is 8.00. The highest BCUT2D eigenvalue weighted by Gasteiger charge is 2.19. The van der Waals surface area contributed by atoms with Crippen LogP contribution < -0.4 is 11.2 Å². The molecule has 0 fully saturated rings. The summed E-state index contributed by atoms with van der Waals surface area (Å²) in [7, 11) is 0. The first kappa shape index (κ1) is 17.8. The summed E-state index contributed by atoms with van der Waals surface area (Å²) in [5.41, 5.74) is 0.807. The molecular weight excluding hydrogens is 378 g/mol. The fraction of sp³-hybridized carbons (Fsp3) is 0.188. The van der Waals surface area contributed by atoms with E-state index in [0.29, 0.717) is 22.5 Å². The number of carbonyl (C=O) groups excluding carboxylic acids is 1. The predicted molar refractivity (Wildman–Crippen MR) is 102 cm³/mol. The lowest BCUT2D eigenvalue weighted by Crippen LogP contribution is -2.30. The largest absolute Gasteiger partial charge is 0.350 e. The first-order chi connectivity index (χ1) is 12.0. The first-order valence-corrected chi connectivity index (χ1v) is 9.61. The Kier molecular flexibility index (Phi) is 5.62. The highest BCUT2D eigenvalue weighted by atomic mass is 35.5. The molecule has 9 heteroatoms. The van der Waals surface area contributed by atoms with Crippen molar-refractivity contribution in [3.8, 4) is 11.4 Å². The summed E-state index contributed by atoms with van der Waals surface area (Å²) in [6.45, 7) is 2.33. The van der Waals surface area contributed by atoms with Crippen molar-refractivity contribution >= 4 is 40.6 Å². The van der Waals surface area contributed by atoms with Gasteiger partial charge < -0.3 is 11.2 Å². The van der Waals surface area contributed by atoms with Gasteiger partial charge >= 0.3 is 0 Å². The summed E-state index contributed by atoms with van der Waals surface area (Å²) in [5, 5.41) is 13.9. The van der Waals surface area contributed by atoms with Gasteiger partial charge in [-0.3, -0.25) is 4.79 Å². The van der Waals surface area contributed by atoms with E-state index in [9.17, 15) is 4.79 Å². The molecule has 1 atom stereocenters. The number of nitrogens with two attached hydrogens (primary N) is 1. The number of hydrogen-bond acceptors (Lipinski definition) is 6. The Morgan fingerprint density at radius 1 is 1.36 bits per heavy atom. The Balaban J connectivity index is 1.64. The van der Waals surface area contributed by atoms with Crippen molar-refractivity contribution in [3.05, 3.63) is 51.7 Å². The zero-order valence-corrected chi connectivity index (χ0v) is 15.7. The number of nitrogen functional groups attached to an aromatic ring is 1. The maximum atomic E-state index is 12.2. The van der Waals surface area contributed by atoms with Gasteiger partial charge in [0.05, 0.1) is 11.8 Å². The Hall–Kier alpha value is -2.03. The molecule has 6 nitrogen and oxygen atoms in total. The number of nitrogens with one attached hydrogen (secondary N) is 1. The fourth-order valence-corrected chi connectivity index (χ4v) is 3.66. The molecule has 2 heterocycles. The van der Waals surface area contributed by atoms with E-state index in [1.165, 1.54) is 16.4 Å². The summed E-state index contributed by atoms with van der Waals surface area (Å²) in [6.07, 6.45) is 0. The van der Waals surface area contributed by atoms with E-state index in [-0.39, 0.29) is 11.2 Å². The average molecular weight is 394 g/mol. The van der Waals surface area contributed by atoms with Crippen molar-refractivity contribution in [2.75, 3.05) is 5.84 Å². The molecule has 0 saturated carbocycles. The van der Waals surface area contributed by atoms with Crippen LogP contribution in [0.1, 0.15) is 11.8 Å². The molecular formula is C16H16ClN5OS2. The van der Waals surface area contributed by atoms with Crippen LogP contribution in [0, 0.1) is 0 Å². The van der Waals surface area contributed by atoms with Gasteiger partial charge in [0.15, 0.2) is 5.82 Å². The lowest BCUT2D eigenvalue weighted by atomic mass is 10.2. The molecule has 0 aliphatic carbocycles. The second kappa shape index (κ2) is 7.90. The summed E-state index contributed by atoms with van der Waals surface area (Å²) < 4.78 is 1.39. The molecule has 1 aromatic carbocycles. The number of aromatic nitrogens is 3. The predicted octanol–water partition coefficient (Wildman–Crippen LogP) is 3.17. The molecule has 0 radical (unpaired) electrons. The first-order valence-electron chi connectivity index (χ1n) is 7.48. The summed E-state index contributed by atoms with van der Waals surface area (Å²) in [6, 6.07) is 11.1. The quantitative estimate of drug-likeness (QED) is 0.496. The van der Waals surface area contributed by atoms with E-state index < -0.39 is 0 Å². The SMILES string of the molecule is CC(Sc1nnc(-c2ccc(Cl)cc2)n1N)C(=O)NCc1cccs1. The second-order valence-corrected chi connectivity index (χ2v) is 8.02. The van der Waals surface area contributed by atoms with Gasteiger partial charge in [-0.1, -0.05) is 29.4 Å². The number of amides is 1. The van der Waals surface area contributed by atoms with Crippen molar-refractivity contribution in [2.45, 2.75) is 23.9 Å². The number of hydrogen-bond donors (Lipinski definition) is 2. The maximum absolute atomic E-state index is 12.2. The van der Waals surface area contributed by atoms with Crippen molar-refractivity contribution in [1.29, 1.82) is 0 Å². The second-order valence-electron chi connectivity index (χ2n) is 5.24. The van der Waals surface area contributed by atoms with Gasteiger partial charge in [-0.05, 0) is 42.6 Å². The number of benzene rings is 1. The Morgan fingerprint density at radius 3 is 2.80 bits per heavy atom.